The zero-order valence-electron chi connectivity index (χ0n) is 11.6. The summed E-state index contributed by atoms with van der Waals surface area (Å²) in [6.45, 7) is 6.34. The number of hydrogen-bond acceptors (Lipinski definition) is 4. The molecule has 2 atom stereocenters. The number of piperazine rings is 1. The number of rotatable bonds is 2. The quantitative estimate of drug-likeness (QED) is 0.921. The summed E-state index contributed by atoms with van der Waals surface area (Å²) in [5, 5.41) is 6.56. The first-order chi connectivity index (χ1) is 9.63. The highest BCUT2D eigenvalue weighted by Gasteiger charge is 2.24. The fraction of sp³-hybridized carbons (Fsp3) is 0.400. The van der Waals surface area contributed by atoms with Crippen LogP contribution in [-0.2, 0) is 0 Å². The van der Waals surface area contributed by atoms with Crippen LogP contribution in [0.4, 0.5) is 9.52 Å². The second-order valence-corrected chi connectivity index (χ2v) is 6.17. The van der Waals surface area contributed by atoms with Crippen LogP contribution in [0.1, 0.15) is 13.8 Å². The molecule has 0 spiro atoms. The van der Waals surface area contributed by atoms with E-state index in [1.165, 1.54) is 12.1 Å². The molecule has 1 saturated heterocycles. The number of benzene rings is 1. The molecule has 1 aromatic carbocycles. The molecule has 0 radical (unpaired) electrons. The fourth-order valence-corrected chi connectivity index (χ4v) is 3.38. The predicted octanol–water partition coefficient (Wildman–Crippen LogP) is 3.14. The lowest BCUT2D eigenvalue weighted by Gasteiger charge is -2.37. The highest BCUT2D eigenvalue weighted by atomic mass is 32.1. The van der Waals surface area contributed by atoms with Gasteiger partial charge in [-0.3, -0.25) is 0 Å². The highest BCUT2D eigenvalue weighted by molar-refractivity contribution is 7.14. The summed E-state index contributed by atoms with van der Waals surface area (Å²) in [6.07, 6.45) is 0. The Labute approximate surface area is 122 Å². The third-order valence-corrected chi connectivity index (χ3v) is 4.52. The van der Waals surface area contributed by atoms with Gasteiger partial charge in [-0.1, -0.05) is 0 Å². The number of nitrogens with one attached hydrogen (secondary N) is 1. The van der Waals surface area contributed by atoms with Crippen molar-refractivity contribution in [1.82, 2.24) is 10.3 Å². The average molecular weight is 291 g/mol. The Kier molecular flexibility index (Phi) is 3.72. The van der Waals surface area contributed by atoms with Gasteiger partial charge in [-0.15, -0.1) is 11.3 Å². The van der Waals surface area contributed by atoms with Gasteiger partial charge in [0.1, 0.15) is 5.82 Å². The first kappa shape index (κ1) is 13.5. The van der Waals surface area contributed by atoms with Gasteiger partial charge < -0.3 is 10.2 Å². The van der Waals surface area contributed by atoms with Crippen molar-refractivity contribution in [2.75, 3.05) is 18.0 Å². The molecule has 106 valence electrons. The van der Waals surface area contributed by atoms with Crippen LogP contribution in [-0.4, -0.2) is 30.2 Å². The number of anilines is 1. The van der Waals surface area contributed by atoms with E-state index in [9.17, 15) is 4.39 Å². The Morgan fingerprint density at radius 1 is 1.30 bits per heavy atom. The molecule has 0 amide bonds. The molecule has 0 saturated carbocycles. The Balaban J connectivity index is 1.84. The second kappa shape index (κ2) is 5.50. The van der Waals surface area contributed by atoms with Gasteiger partial charge in [0.2, 0.25) is 0 Å². The van der Waals surface area contributed by atoms with E-state index in [1.807, 2.05) is 5.38 Å². The van der Waals surface area contributed by atoms with Crippen molar-refractivity contribution in [2.24, 2.45) is 0 Å². The lowest BCUT2D eigenvalue weighted by molar-refractivity contribution is 0.425. The Morgan fingerprint density at radius 3 is 2.80 bits per heavy atom. The van der Waals surface area contributed by atoms with Crippen molar-refractivity contribution in [3.8, 4) is 11.3 Å². The van der Waals surface area contributed by atoms with Gasteiger partial charge in [-0.2, -0.15) is 0 Å². The SMILES string of the molecule is C[C@@H]1CN[C@@H](C)CN1c1nc(-c2ccc(F)cc2)cs1. The molecule has 3 rings (SSSR count). The lowest BCUT2D eigenvalue weighted by atomic mass is 10.1. The zero-order valence-corrected chi connectivity index (χ0v) is 12.5. The molecule has 1 aromatic heterocycles. The lowest BCUT2D eigenvalue weighted by Crippen LogP contribution is -2.54. The summed E-state index contributed by atoms with van der Waals surface area (Å²) >= 11 is 1.65. The number of halogens is 1. The van der Waals surface area contributed by atoms with E-state index in [-0.39, 0.29) is 5.82 Å². The maximum absolute atomic E-state index is 13.0. The third kappa shape index (κ3) is 2.69. The molecular formula is C15H18FN3S. The van der Waals surface area contributed by atoms with E-state index in [0.717, 1.165) is 29.5 Å². The van der Waals surface area contributed by atoms with Gasteiger partial charge in [0.05, 0.1) is 5.69 Å². The van der Waals surface area contributed by atoms with E-state index >= 15 is 0 Å². The normalized spacial score (nSPS) is 23.1. The van der Waals surface area contributed by atoms with E-state index in [1.54, 1.807) is 23.5 Å². The van der Waals surface area contributed by atoms with Crippen LogP contribution in [0.5, 0.6) is 0 Å². The van der Waals surface area contributed by atoms with Crippen LogP contribution >= 0.6 is 11.3 Å². The van der Waals surface area contributed by atoms with E-state index in [4.69, 9.17) is 4.98 Å². The first-order valence-electron chi connectivity index (χ1n) is 6.85. The molecule has 5 heteroatoms. The summed E-state index contributed by atoms with van der Waals surface area (Å²) in [7, 11) is 0. The van der Waals surface area contributed by atoms with Crippen LogP contribution in [0.25, 0.3) is 11.3 Å². The van der Waals surface area contributed by atoms with Crippen molar-refractivity contribution >= 4 is 16.5 Å². The minimum absolute atomic E-state index is 0.214. The van der Waals surface area contributed by atoms with Crippen LogP contribution in [0, 0.1) is 5.82 Å². The Morgan fingerprint density at radius 2 is 2.05 bits per heavy atom. The van der Waals surface area contributed by atoms with Crippen molar-refractivity contribution in [1.29, 1.82) is 0 Å². The van der Waals surface area contributed by atoms with Crippen molar-refractivity contribution < 1.29 is 4.39 Å². The average Bonchev–Trinajstić information content (AvgIpc) is 2.92. The van der Waals surface area contributed by atoms with Crippen LogP contribution in [0.15, 0.2) is 29.6 Å². The van der Waals surface area contributed by atoms with Crippen LogP contribution < -0.4 is 10.2 Å². The number of aromatic nitrogens is 1. The molecule has 2 heterocycles. The molecule has 0 bridgehead atoms. The largest absolute Gasteiger partial charge is 0.343 e. The maximum atomic E-state index is 13.0. The molecule has 20 heavy (non-hydrogen) atoms. The standard InChI is InChI=1S/C15H18FN3S/c1-10-8-19(11(2)7-17-10)15-18-14(9-20-15)12-3-5-13(16)6-4-12/h3-6,9-11,17H,7-8H2,1-2H3/t10-,11+/m0/s1. The summed E-state index contributed by atoms with van der Waals surface area (Å²) in [5.74, 6) is -0.214. The van der Waals surface area contributed by atoms with Gasteiger partial charge >= 0.3 is 0 Å². The first-order valence-corrected chi connectivity index (χ1v) is 7.73. The maximum Gasteiger partial charge on any atom is 0.186 e. The van der Waals surface area contributed by atoms with Crippen LogP contribution in [0.2, 0.25) is 0 Å². The molecule has 2 aromatic rings. The third-order valence-electron chi connectivity index (χ3n) is 3.64. The zero-order chi connectivity index (χ0) is 14.1. The van der Waals surface area contributed by atoms with Crippen molar-refractivity contribution in [2.45, 2.75) is 25.9 Å². The molecule has 0 unspecified atom stereocenters. The molecule has 0 aliphatic carbocycles. The van der Waals surface area contributed by atoms with E-state index in [2.05, 4.69) is 24.1 Å². The summed E-state index contributed by atoms with van der Waals surface area (Å²) in [6, 6.07) is 7.42. The molecule has 1 N–H and O–H groups in total. The summed E-state index contributed by atoms with van der Waals surface area (Å²) in [5.41, 5.74) is 1.88. The highest BCUT2D eigenvalue weighted by Crippen LogP contribution is 2.29. The molecule has 3 nitrogen and oxygen atoms in total. The van der Waals surface area contributed by atoms with Crippen molar-refractivity contribution in [3.05, 3.63) is 35.5 Å². The Bertz CT molecular complexity index is 581. The monoisotopic (exact) mass is 291 g/mol. The topological polar surface area (TPSA) is 28.2 Å². The van der Waals surface area contributed by atoms with Gasteiger partial charge in [0, 0.05) is 36.1 Å². The van der Waals surface area contributed by atoms with E-state index in [0.29, 0.717) is 12.1 Å². The molecular weight excluding hydrogens is 273 g/mol. The Hall–Kier alpha value is -1.46. The van der Waals surface area contributed by atoms with Crippen molar-refractivity contribution in [3.63, 3.8) is 0 Å². The number of nitrogens with zero attached hydrogens (tertiary/aromatic N) is 2. The van der Waals surface area contributed by atoms with Gasteiger partial charge in [-0.25, -0.2) is 9.37 Å². The second-order valence-electron chi connectivity index (χ2n) is 5.33. The number of hydrogen-bond donors (Lipinski definition) is 1. The van der Waals surface area contributed by atoms with Crippen LogP contribution in [0.3, 0.4) is 0 Å². The van der Waals surface area contributed by atoms with E-state index < -0.39 is 0 Å². The summed E-state index contributed by atoms with van der Waals surface area (Å²) < 4.78 is 13.0. The minimum Gasteiger partial charge on any atom is -0.343 e. The minimum atomic E-state index is -0.214. The van der Waals surface area contributed by atoms with Gasteiger partial charge in [-0.05, 0) is 38.1 Å². The number of thiazole rings is 1. The fourth-order valence-electron chi connectivity index (χ4n) is 2.44. The molecule has 1 aliphatic heterocycles. The molecule has 1 fully saturated rings. The predicted molar refractivity (Wildman–Crippen MR) is 81.8 cm³/mol. The summed E-state index contributed by atoms with van der Waals surface area (Å²) in [4.78, 5) is 7.06. The molecule has 1 aliphatic rings. The van der Waals surface area contributed by atoms with Gasteiger partial charge in [0.25, 0.3) is 0 Å². The van der Waals surface area contributed by atoms with Gasteiger partial charge in [0.15, 0.2) is 5.13 Å². The smallest absolute Gasteiger partial charge is 0.186 e.